The lowest BCUT2D eigenvalue weighted by Gasteiger charge is -2.44. The number of nitrogens with two attached hydrogens (primary N) is 1. The Bertz CT molecular complexity index is 472. The summed E-state index contributed by atoms with van der Waals surface area (Å²) in [6.45, 7) is 1.94. The van der Waals surface area contributed by atoms with Crippen molar-refractivity contribution in [2.75, 3.05) is 6.54 Å². The predicted octanol–water partition coefficient (Wildman–Crippen LogP) is 0.0997. The van der Waals surface area contributed by atoms with E-state index in [-0.39, 0.29) is 17.6 Å². The standard InChI is InChI=1S/C12H16N2O4S/c1-6(15)9-7-5-8(19-4-2-3-13)10(12(17)18)14(7)11(9)16/h2,4,6-7,9,15H,3,5,13H2,1H3,(H,17,18)/t6-,7+,9-/m0/s1. The zero-order valence-corrected chi connectivity index (χ0v) is 11.3. The van der Waals surface area contributed by atoms with Crippen LogP contribution in [0.5, 0.6) is 0 Å². The van der Waals surface area contributed by atoms with Crippen LogP contribution in [0.3, 0.4) is 0 Å². The van der Waals surface area contributed by atoms with Crippen molar-refractivity contribution in [2.45, 2.75) is 25.5 Å². The molecule has 2 rings (SSSR count). The molecule has 7 heteroatoms. The Kier molecular flexibility index (Phi) is 3.98. The molecule has 6 nitrogen and oxygen atoms in total. The molecule has 0 unspecified atom stereocenters. The van der Waals surface area contributed by atoms with Crippen molar-refractivity contribution >= 4 is 23.6 Å². The Hall–Kier alpha value is -1.31. The van der Waals surface area contributed by atoms with Crippen LogP contribution in [0.15, 0.2) is 22.1 Å². The highest BCUT2D eigenvalue weighted by atomic mass is 32.2. The third-order valence-corrected chi connectivity index (χ3v) is 4.31. The number of amides is 1. The maximum Gasteiger partial charge on any atom is 0.353 e. The summed E-state index contributed by atoms with van der Waals surface area (Å²) in [7, 11) is 0. The number of aliphatic hydroxyl groups is 1. The maximum atomic E-state index is 11.9. The van der Waals surface area contributed by atoms with Crippen LogP contribution in [-0.4, -0.2) is 45.7 Å². The van der Waals surface area contributed by atoms with Gasteiger partial charge in [0.2, 0.25) is 5.91 Å². The number of hydrogen-bond acceptors (Lipinski definition) is 5. The van der Waals surface area contributed by atoms with E-state index in [1.54, 1.807) is 18.4 Å². The van der Waals surface area contributed by atoms with Crippen molar-refractivity contribution in [1.82, 2.24) is 4.90 Å². The second kappa shape index (κ2) is 5.36. The Morgan fingerprint density at radius 2 is 2.37 bits per heavy atom. The fourth-order valence-corrected chi connectivity index (χ4v) is 3.46. The molecule has 0 bridgehead atoms. The van der Waals surface area contributed by atoms with Gasteiger partial charge in [0.25, 0.3) is 0 Å². The summed E-state index contributed by atoms with van der Waals surface area (Å²) >= 11 is 1.27. The van der Waals surface area contributed by atoms with Crippen LogP contribution in [-0.2, 0) is 9.59 Å². The van der Waals surface area contributed by atoms with Crippen molar-refractivity contribution in [1.29, 1.82) is 0 Å². The number of hydrogen-bond donors (Lipinski definition) is 3. The van der Waals surface area contributed by atoms with Gasteiger partial charge >= 0.3 is 5.97 Å². The largest absolute Gasteiger partial charge is 0.477 e. The molecular formula is C12H16N2O4S. The molecule has 1 saturated heterocycles. The zero-order chi connectivity index (χ0) is 14.2. The Balaban J connectivity index is 2.21. The zero-order valence-electron chi connectivity index (χ0n) is 10.4. The fourth-order valence-electron chi connectivity index (χ4n) is 2.52. The summed E-state index contributed by atoms with van der Waals surface area (Å²) in [6, 6.07) is -0.229. The van der Waals surface area contributed by atoms with Gasteiger partial charge in [-0.1, -0.05) is 6.08 Å². The maximum absolute atomic E-state index is 11.9. The molecule has 0 aromatic heterocycles. The van der Waals surface area contributed by atoms with Crippen LogP contribution in [0.2, 0.25) is 0 Å². The monoisotopic (exact) mass is 284 g/mol. The first-order valence-corrected chi connectivity index (χ1v) is 6.86. The number of carboxylic acids is 1. The topological polar surface area (TPSA) is 104 Å². The van der Waals surface area contributed by atoms with E-state index in [0.717, 1.165) is 0 Å². The minimum absolute atomic E-state index is 0.0403. The molecule has 0 spiro atoms. The van der Waals surface area contributed by atoms with Gasteiger partial charge in [0.05, 0.1) is 18.1 Å². The average molecular weight is 284 g/mol. The predicted molar refractivity (Wildman–Crippen MR) is 70.9 cm³/mol. The molecule has 0 aromatic carbocycles. The van der Waals surface area contributed by atoms with Crippen molar-refractivity contribution < 1.29 is 19.8 Å². The molecule has 4 N–H and O–H groups in total. The lowest BCUT2D eigenvalue weighted by molar-refractivity contribution is -0.161. The molecule has 3 atom stereocenters. The lowest BCUT2D eigenvalue weighted by atomic mass is 9.83. The van der Waals surface area contributed by atoms with Gasteiger partial charge in [-0.05, 0) is 12.3 Å². The van der Waals surface area contributed by atoms with Gasteiger partial charge in [-0.15, -0.1) is 11.8 Å². The van der Waals surface area contributed by atoms with Crippen LogP contribution >= 0.6 is 11.8 Å². The van der Waals surface area contributed by atoms with Gasteiger partial charge in [0.15, 0.2) is 0 Å². The van der Waals surface area contributed by atoms with Gasteiger partial charge in [-0.2, -0.15) is 0 Å². The highest BCUT2D eigenvalue weighted by Crippen LogP contribution is 2.47. The molecule has 2 heterocycles. The summed E-state index contributed by atoms with van der Waals surface area (Å²) in [5.41, 5.74) is 5.37. The van der Waals surface area contributed by atoms with Crippen LogP contribution < -0.4 is 5.73 Å². The average Bonchev–Trinajstić information content (AvgIpc) is 2.64. The third kappa shape index (κ3) is 2.29. The number of aliphatic carboxylic acids is 1. The Labute approximate surface area is 114 Å². The first-order valence-electron chi connectivity index (χ1n) is 5.98. The van der Waals surface area contributed by atoms with Gasteiger partial charge in [-0.25, -0.2) is 4.79 Å². The normalized spacial score (nSPS) is 27.7. The summed E-state index contributed by atoms with van der Waals surface area (Å²) in [5.74, 6) is -1.91. The minimum Gasteiger partial charge on any atom is -0.477 e. The molecule has 2 aliphatic heterocycles. The molecule has 0 aliphatic carbocycles. The molecule has 19 heavy (non-hydrogen) atoms. The molecule has 104 valence electrons. The summed E-state index contributed by atoms with van der Waals surface area (Å²) in [6.07, 6.45) is 1.44. The van der Waals surface area contributed by atoms with E-state index in [1.165, 1.54) is 16.7 Å². The van der Waals surface area contributed by atoms with Crippen LogP contribution in [0.4, 0.5) is 0 Å². The summed E-state index contributed by atoms with van der Waals surface area (Å²) < 4.78 is 0. The highest BCUT2D eigenvalue weighted by Gasteiger charge is 2.56. The number of β-lactam (4-membered cyclic amide) rings is 1. The van der Waals surface area contributed by atoms with Crippen molar-refractivity contribution in [3.63, 3.8) is 0 Å². The Morgan fingerprint density at radius 1 is 1.68 bits per heavy atom. The van der Waals surface area contributed by atoms with Gasteiger partial charge in [0.1, 0.15) is 5.70 Å². The van der Waals surface area contributed by atoms with E-state index in [2.05, 4.69) is 0 Å². The number of thioether (sulfide) groups is 1. The van der Waals surface area contributed by atoms with Crippen molar-refractivity contribution in [3.05, 3.63) is 22.1 Å². The van der Waals surface area contributed by atoms with Crippen molar-refractivity contribution in [3.8, 4) is 0 Å². The number of nitrogens with zero attached hydrogens (tertiary/aromatic N) is 1. The number of fused-ring (bicyclic) bond motifs is 1. The SMILES string of the molecule is C[C@H](O)[C@@H]1C(=O)N2C(C(=O)O)=C(SC=CCN)C[C@H]12. The van der Waals surface area contributed by atoms with Crippen LogP contribution in [0.1, 0.15) is 13.3 Å². The molecule has 1 amide bonds. The number of carbonyl (C=O) groups is 2. The van der Waals surface area contributed by atoms with E-state index in [1.807, 2.05) is 0 Å². The van der Waals surface area contributed by atoms with Gasteiger partial charge in [0, 0.05) is 17.9 Å². The van der Waals surface area contributed by atoms with Crippen LogP contribution in [0.25, 0.3) is 0 Å². The van der Waals surface area contributed by atoms with E-state index in [4.69, 9.17) is 5.73 Å². The quantitative estimate of drug-likeness (QED) is 0.619. The number of carbonyl (C=O) groups excluding carboxylic acids is 1. The first-order chi connectivity index (χ1) is 8.99. The first kappa shape index (κ1) is 14.1. The second-order valence-corrected chi connectivity index (χ2v) is 5.55. The van der Waals surface area contributed by atoms with E-state index < -0.39 is 18.0 Å². The highest BCUT2D eigenvalue weighted by molar-refractivity contribution is 8.05. The Morgan fingerprint density at radius 3 is 2.89 bits per heavy atom. The number of rotatable bonds is 5. The molecule has 0 aromatic rings. The molecular weight excluding hydrogens is 268 g/mol. The third-order valence-electron chi connectivity index (χ3n) is 3.33. The molecule has 0 saturated carbocycles. The minimum atomic E-state index is -1.11. The van der Waals surface area contributed by atoms with Gasteiger partial charge in [-0.3, -0.25) is 4.79 Å². The number of carboxylic acid groups (broad SMARTS) is 1. The van der Waals surface area contributed by atoms with E-state index >= 15 is 0 Å². The molecule has 0 radical (unpaired) electrons. The van der Waals surface area contributed by atoms with Gasteiger partial charge < -0.3 is 20.8 Å². The summed E-state index contributed by atoms with van der Waals surface area (Å²) in [5, 5.41) is 20.5. The summed E-state index contributed by atoms with van der Waals surface area (Å²) in [4.78, 5) is 25.1. The number of aliphatic hydroxyl groups excluding tert-OH is 1. The molecule has 2 aliphatic rings. The van der Waals surface area contributed by atoms with Crippen molar-refractivity contribution in [2.24, 2.45) is 11.7 Å². The fraction of sp³-hybridized carbons (Fsp3) is 0.500. The lowest BCUT2D eigenvalue weighted by Crippen LogP contribution is -2.61. The second-order valence-electron chi connectivity index (χ2n) is 4.55. The molecule has 1 fully saturated rings. The van der Waals surface area contributed by atoms with Crippen LogP contribution in [0, 0.1) is 5.92 Å². The van der Waals surface area contributed by atoms with E-state index in [9.17, 15) is 19.8 Å². The smallest absolute Gasteiger partial charge is 0.353 e. The van der Waals surface area contributed by atoms with E-state index in [0.29, 0.717) is 17.9 Å².